The van der Waals surface area contributed by atoms with Crippen molar-refractivity contribution >= 4 is 11.8 Å². The lowest BCUT2D eigenvalue weighted by Gasteiger charge is -2.40. The molecular formula is C14H22N4O2. The Morgan fingerprint density at radius 1 is 1.55 bits per heavy atom. The van der Waals surface area contributed by atoms with Gasteiger partial charge in [-0.05, 0) is 25.7 Å². The van der Waals surface area contributed by atoms with Crippen LogP contribution in [0.2, 0.25) is 0 Å². The predicted octanol–water partition coefficient (Wildman–Crippen LogP) is 1.14. The number of hydrogen-bond donors (Lipinski definition) is 1. The highest BCUT2D eigenvalue weighted by molar-refractivity contribution is 5.85. The maximum absolute atomic E-state index is 11.6. The zero-order chi connectivity index (χ0) is 14.7. The number of piperidine rings is 1. The van der Waals surface area contributed by atoms with Crippen molar-refractivity contribution < 1.29 is 9.53 Å². The average Bonchev–Trinajstić information content (AvgIpc) is 2.45. The maximum atomic E-state index is 11.6. The Bertz CT molecular complexity index is 492. The standard InChI is InChI=1S/C14H22N4O2/c1-9-5-4-6-18(11(9)8-15)12-7-10(2)16-13(17-12)14(19)20-3/h7,9,11H,4-6,8,15H2,1-3H3. The largest absolute Gasteiger partial charge is 0.463 e. The number of ether oxygens (including phenoxy) is 1. The number of rotatable bonds is 3. The van der Waals surface area contributed by atoms with Crippen LogP contribution < -0.4 is 10.6 Å². The molecule has 2 atom stereocenters. The lowest BCUT2D eigenvalue weighted by molar-refractivity contribution is 0.0586. The Balaban J connectivity index is 2.35. The van der Waals surface area contributed by atoms with E-state index in [1.54, 1.807) is 0 Å². The Labute approximate surface area is 119 Å². The molecule has 0 saturated carbocycles. The third kappa shape index (κ3) is 2.90. The number of hydrogen-bond acceptors (Lipinski definition) is 6. The third-order valence-corrected chi connectivity index (χ3v) is 3.86. The van der Waals surface area contributed by atoms with Gasteiger partial charge in [-0.2, -0.15) is 0 Å². The molecule has 0 radical (unpaired) electrons. The SMILES string of the molecule is COC(=O)c1nc(C)cc(N2CCCC(C)C2CN)n1. The molecule has 0 aliphatic carbocycles. The van der Waals surface area contributed by atoms with Gasteiger partial charge in [-0.15, -0.1) is 0 Å². The fourth-order valence-corrected chi connectivity index (χ4v) is 2.77. The number of methoxy groups -OCH3 is 1. The molecule has 110 valence electrons. The van der Waals surface area contributed by atoms with Gasteiger partial charge >= 0.3 is 5.97 Å². The molecule has 0 aromatic carbocycles. The molecule has 1 aromatic heterocycles. The number of aromatic nitrogens is 2. The minimum atomic E-state index is -0.510. The van der Waals surface area contributed by atoms with Gasteiger partial charge in [0.15, 0.2) is 0 Å². The van der Waals surface area contributed by atoms with Crippen molar-refractivity contribution in [2.75, 3.05) is 25.1 Å². The molecule has 0 bridgehead atoms. The molecule has 0 amide bonds. The zero-order valence-electron chi connectivity index (χ0n) is 12.3. The van der Waals surface area contributed by atoms with Crippen LogP contribution in [-0.4, -0.2) is 42.2 Å². The molecule has 1 fully saturated rings. The van der Waals surface area contributed by atoms with Gasteiger partial charge in [-0.3, -0.25) is 0 Å². The summed E-state index contributed by atoms with van der Waals surface area (Å²) in [6.07, 6.45) is 2.28. The summed E-state index contributed by atoms with van der Waals surface area (Å²) in [5.74, 6) is 0.881. The van der Waals surface area contributed by atoms with Crippen molar-refractivity contribution in [3.05, 3.63) is 17.6 Å². The first-order chi connectivity index (χ1) is 9.56. The number of nitrogens with zero attached hydrogens (tertiary/aromatic N) is 3. The summed E-state index contributed by atoms with van der Waals surface area (Å²) in [5, 5.41) is 0. The summed E-state index contributed by atoms with van der Waals surface area (Å²) in [5.41, 5.74) is 6.66. The highest BCUT2D eigenvalue weighted by Gasteiger charge is 2.29. The van der Waals surface area contributed by atoms with Gasteiger partial charge in [0, 0.05) is 30.9 Å². The number of esters is 1. The zero-order valence-corrected chi connectivity index (χ0v) is 12.3. The van der Waals surface area contributed by atoms with Crippen molar-refractivity contribution in [2.24, 2.45) is 11.7 Å². The smallest absolute Gasteiger partial charge is 0.376 e. The van der Waals surface area contributed by atoms with Crippen LogP contribution >= 0.6 is 0 Å². The molecule has 1 saturated heterocycles. The molecule has 1 aliphatic rings. The summed E-state index contributed by atoms with van der Waals surface area (Å²) < 4.78 is 4.70. The minimum absolute atomic E-state index is 0.108. The summed E-state index contributed by atoms with van der Waals surface area (Å²) in [6.45, 7) is 5.54. The second-order valence-corrected chi connectivity index (χ2v) is 5.30. The molecule has 6 heteroatoms. The molecule has 6 nitrogen and oxygen atoms in total. The molecule has 2 N–H and O–H groups in total. The summed E-state index contributed by atoms with van der Waals surface area (Å²) in [7, 11) is 1.33. The van der Waals surface area contributed by atoms with Crippen molar-refractivity contribution in [1.82, 2.24) is 9.97 Å². The van der Waals surface area contributed by atoms with Crippen LogP contribution in [-0.2, 0) is 4.74 Å². The first-order valence-electron chi connectivity index (χ1n) is 6.97. The quantitative estimate of drug-likeness (QED) is 0.835. The molecule has 20 heavy (non-hydrogen) atoms. The van der Waals surface area contributed by atoms with Gasteiger partial charge in [0.1, 0.15) is 5.82 Å². The topological polar surface area (TPSA) is 81.3 Å². The monoisotopic (exact) mass is 278 g/mol. The predicted molar refractivity (Wildman–Crippen MR) is 76.7 cm³/mol. The van der Waals surface area contributed by atoms with E-state index in [0.717, 1.165) is 24.5 Å². The van der Waals surface area contributed by atoms with Crippen LogP contribution in [0, 0.1) is 12.8 Å². The van der Waals surface area contributed by atoms with Crippen LogP contribution in [0.15, 0.2) is 6.07 Å². The van der Waals surface area contributed by atoms with Crippen molar-refractivity contribution in [3.8, 4) is 0 Å². The van der Waals surface area contributed by atoms with E-state index in [9.17, 15) is 4.79 Å². The van der Waals surface area contributed by atoms with Crippen LogP contribution in [0.5, 0.6) is 0 Å². The Morgan fingerprint density at radius 3 is 2.95 bits per heavy atom. The van der Waals surface area contributed by atoms with E-state index in [1.165, 1.54) is 13.5 Å². The molecule has 1 aliphatic heterocycles. The molecule has 2 rings (SSSR count). The Hall–Kier alpha value is -1.69. The molecule has 2 heterocycles. The summed E-state index contributed by atoms with van der Waals surface area (Å²) in [4.78, 5) is 22.3. The fraction of sp³-hybridized carbons (Fsp3) is 0.643. The summed E-state index contributed by atoms with van der Waals surface area (Å²) >= 11 is 0. The Kier molecular flexibility index (Phi) is 4.54. The van der Waals surface area contributed by atoms with Crippen LogP contribution in [0.4, 0.5) is 5.82 Å². The van der Waals surface area contributed by atoms with E-state index in [-0.39, 0.29) is 11.9 Å². The van der Waals surface area contributed by atoms with Gasteiger partial charge in [-0.25, -0.2) is 14.8 Å². The van der Waals surface area contributed by atoms with E-state index in [4.69, 9.17) is 10.5 Å². The minimum Gasteiger partial charge on any atom is -0.463 e. The van der Waals surface area contributed by atoms with Crippen molar-refractivity contribution in [1.29, 1.82) is 0 Å². The van der Waals surface area contributed by atoms with E-state index >= 15 is 0 Å². The number of carbonyl (C=O) groups is 1. The first-order valence-corrected chi connectivity index (χ1v) is 6.97. The average molecular weight is 278 g/mol. The van der Waals surface area contributed by atoms with E-state index in [2.05, 4.69) is 21.8 Å². The van der Waals surface area contributed by atoms with Crippen molar-refractivity contribution in [3.63, 3.8) is 0 Å². The number of carbonyl (C=O) groups excluding carboxylic acids is 1. The second kappa shape index (κ2) is 6.17. The second-order valence-electron chi connectivity index (χ2n) is 5.30. The normalized spacial score (nSPS) is 22.7. The Morgan fingerprint density at radius 2 is 2.30 bits per heavy atom. The van der Waals surface area contributed by atoms with Crippen molar-refractivity contribution in [2.45, 2.75) is 32.7 Å². The highest BCUT2D eigenvalue weighted by Crippen LogP contribution is 2.27. The van der Waals surface area contributed by atoms with Gasteiger partial charge in [0.25, 0.3) is 0 Å². The highest BCUT2D eigenvalue weighted by atomic mass is 16.5. The molecule has 1 aromatic rings. The van der Waals surface area contributed by atoms with Gasteiger partial charge < -0.3 is 15.4 Å². The third-order valence-electron chi connectivity index (χ3n) is 3.86. The van der Waals surface area contributed by atoms with Gasteiger partial charge in [-0.1, -0.05) is 6.92 Å². The van der Waals surface area contributed by atoms with E-state index in [0.29, 0.717) is 12.5 Å². The molecule has 0 spiro atoms. The lowest BCUT2D eigenvalue weighted by Crippen LogP contribution is -2.49. The first kappa shape index (κ1) is 14.7. The molecule has 2 unspecified atom stereocenters. The summed E-state index contributed by atoms with van der Waals surface area (Å²) in [6, 6.07) is 2.15. The number of nitrogens with two attached hydrogens (primary N) is 1. The fourth-order valence-electron chi connectivity index (χ4n) is 2.77. The lowest BCUT2D eigenvalue weighted by atomic mass is 9.91. The van der Waals surface area contributed by atoms with E-state index < -0.39 is 5.97 Å². The van der Waals surface area contributed by atoms with E-state index in [1.807, 2.05) is 13.0 Å². The number of anilines is 1. The van der Waals surface area contributed by atoms with Crippen LogP contribution in [0.1, 0.15) is 36.1 Å². The maximum Gasteiger partial charge on any atom is 0.376 e. The van der Waals surface area contributed by atoms with Crippen LogP contribution in [0.25, 0.3) is 0 Å². The van der Waals surface area contributed by atoms with Gasteiger partial charge in [0.05, 0.1) is 7.11 Å². The van der Waals surface area contributed by atoms with Gasteiger partial charge in [0.2, 0.25) is 5.82 Å². The number of aryl methyl sites for hydroxylation is 1. The van der Waals surface area contributed by atoms with Crippen LogP contribution in [0.3, 0.4) is 0 Å². The molecular weight excluding hydrogens is 256 g/mol.